The van der Waals surface area contributed by atoms with Crippen molar-refractivity contribution in [3.05, 3.63) is 28.7 Å². The van der Waals surface area contributed by atoms with Gasteiger partial charge in [-0.2, -0.15) is 5.26 Å². The van der Waals surface area contributed by atoms with Crippen LogP contribution in [0.3, 0.4) is 0 Å². The van der Waals surface area contributed by atoms with Crippen LogP contribution < -0.4 is 10.6 Å². The molecule has 1 atom stereocenters. The Balaban J connectivity index is 1.60. The van der Waals surface area contributed by atoms with E-state index in [2.05, 4.69) is 31.6 Å². The van der Waals surface area contributed by atoms with Crippen molar-refractivity contribution < 1.29 is 9.53 Å². The average Bonchev–Trinajstić information content (AvgIpc) is 3.22. The Labute approximate surface area is 186 Å². The predicted molar refractivity (Wildman–Crippen MR) is 120 cm³/mol. The molecule has 2 N–H and O–H groups in total. The molecule has 1 amide bonds. The van der Waals surface area contributed by atoms with Gasteiger partial charge in [-0.15, -0.1) is 11.3 Å². The van der Waals surface area contributed by atoms with Gasteiger partial charge in [-0.25, -0.2) is 15.0 Å². The summed E-state index contributed by atoms with van der Waals surface area (Å²) in [6.07, 6.45) is 2.81. The van der Waals surface area contributed by atoms with E-state index in [1.165, 1.54) is 11.3 Å². The van der Waals surface area contributed by atoms with Gasteiger partial charge in [0.15, 0.2) is 5.13 Å². The highest BCUT2D eigenvalue weighted by molar-refractivity contribution is 7.14. The fourth-order valence-electron chi connectivity index (χ4n) is 3.50. The highest BCUT2D eigenvalue weighted by atomic mass is 32.1. The lowest BCUT2D eigenvalue weighted by molar-refractivity contribution is 0.0940. The number of thiazole rings is 1. The van der Waals surface area contributed by atoms with Crippen molar-refractivity contribution in [1.29, 1.82) is 5.26 Å². The Morgan fingerprint density at radius 1 is 1.42 bits per heavy atom. The van der Waals surface area contributed by atoms with E-state index in [0.717, 1.165) is 43.9 Å². The van der Waals surface area contributed by atoms with Crippen molar-refractivity contribution in [1.82, 2.24) is 25.2 Å². The molecule has 1 fully saturated rings. The van der Waals surface area contributed by atoms with Crippen LogP contribution in [0.25, 0.3) is 0 Å². The number of hydrogen-bond acceptors (Lipinski definition) is 9. The van der Waals surface area contributed by atoms with E-state index in [1.807, 2.05) is 19.9 Å². The van der Waals surface area contributed by atoms with E-state index in [-0.39, 0.29) is 11.8 Å². The number of nitriles is 1. The number of piperidine rings is 1. The predicted octanol–water partition coefficient (Wildman–Crippen LogP) is 2.84. The number of amides is 1. The zero-order valence-corrected chi connectivity index (χ0v) is 18.9. The van der Waals surface area contributed by atoms with Crippen LogP contribution in [0.4, 0.5) is 10.9 Å². The topological polar surface area (TPSA) is 116 Å². The Hall–Kier alpha value is -2.61. The second-order valence-corrected chi connectivity index (χ2v) is 8.31. The summed E-state index contributed by atoms with van der Waals surface area (Å²) in [5.41, 5.74) is 1.25. The van der Waals surface area contributed by atoms with Gasteiger partial charge in [-0.05, 0) is 39.7 Å². The number of carbonyl (C=O) groups excluding carboxylic acids is 1. The molecule has 0 bridgehead atoms. The number of ether oxygens (including phenoxy) is 1. The fourth-order valence-corrected chi connectivity index (χ4v) is 4.20. The maximum Gasteiger partial charge on any atom is 0.270 e. The zero-order valence-electron chi connectivity index (χ0n) is 18.1. The lowest BCUT2D eigenvalue weighted by atomic mass is 9.97. The van der Waals surface area contributed by atoms with Crippen LogP contribution in [0.5, 0.6) is 0 Å². The third kappa shape index (κ3) is 6.95. The lowest BCUT2D eigenvalue weighted by Crippen LogP contribution is -2.35. The highest BCUT2D eigenvalue weighted by Crippen LogP contribution is 2.27. The minimum Gasteiger partial charge on any atom is -0.382 e. The smallest absolute Gasteiger partial charge is 0.270 e. The molecule has 1 aliphatic heterocycles. The fraction of sp³-hybridized carbons (Fsp3) is 0.571. The Morgan fingerprint density at radius 3 is 3.10 bits per heavy atom. The standard InChI is InChI=1S/C21H29N7O2S/c1-3-30-11-5-8-23-20(29)17-14-31-21(25-17)27-18-12-15(2)24-19(26-18)16-6-4-9-28(13-16)10-7-22/h12,14,16H,3-6,8-11,13H2,1-2H3,(H,23,29)(H,24,25,26,27)/t16-/m1/s1. The van der Waals surface area contributed by atoms with Gasteiger partial charge in [0.25, 0.3) is 5.91 Å². The van der Waals surface area contributed by atoms with E-state index in [1.54, 1.807) is 5.38 Å². The molecule has 1 saturated heterocycles. The third-order valence-corrected chi connectivity index (χ3v) is 5.72. The molecule has 3 rings (SSSR count). The van der Waals surface area contributed by atoms with Crippen molar-refractivity contribution in [2.75, 3.05) is 44.7 Å². The molecule has 0 unspecified atom stereocenters. The van der Waals surface area contributed by atoms with Crippen LogP contribution in [0.15, 0.2) is 11.4 Å². The molecule has 3 heterocycles. The summed E-state index contributed by atoms with van der Waals surface area (Å²) in [4.78, 5) is 28.1. The second-order valence-electron chi connectivity index (χ2n) is 7.45. The summed E-state index contributed by atoms with van der Waals surface area (Å²) in [5.74, 6) is 1.46. The Bertz CT molecular complexity index is 911. The summed E-state index contributed by atoms with van der Waals surface area (Å²) in [6.45, 7) is 7.92. The van der Waals surface area contributed by atoms with Crippen molar-refractivity contribution in [2.45, 2.75) is 39.0 Å². The molecule has 0 spiro atoms. The molecule has 2 aromatic heterocycles. The molecule has 0 radical (unpaired) electrons. The minimum absolute atomic E-state index is 0.194. The summed E-state index contributed by atoms with van der Waals surface area (Å²) < 4.78 is 5.27. The van der Waals surface area contributed by atoms with Gasteiger partial charge in [0, 0.05) is 49.4 Å². The number of rotatable bonds is 10. The van der Waals surface area contributed by atoms with Crippen molar-refractivity contribution in [3.63, 3.8) is 0 Å². The van der Waals surface area contributed by atoms with Crippen LogP contribution in [0, 0.1) is 18.3 Å². The summed E-state index contributed by atoms with van der Waals surface area (Å²) >= 11 is 1.36. The van der Waals surface area contributed by atoms with E-state index in [0.29, 0.717) is 42.9 Å². The summed E-state index contributed by atoms with van der Waals surface area (Å²) in [6, 6.07) is 4.09. The van der Waals surface area contributed by atoms with Crippen LogP contribution in [0.2, 0.25) is 0 Å². The number of aromatic nitrogens is 3. The largest absolute Gasteiger partial charge is 0.382 e. The molecule has 9 nitrogen and oxygen atoms in total. The van der Waals surface area contributed by atoms with Crippen molar-refractivity contribution in [2.24, 2.45) is 0 Å². The number of nitrogens with one attached hydrogen (secondary N) is 2. The maximum atomic E-state index is 12.3. The molecule has 2 aromatic rings. The first-order valence-electron chi connectivity index (χ1n) is 10.6. The third-order valence-electron chi connectivity index (χ3n) is 4.96. The molecular weight excluding hydrogens is 414 g/mol. The molecule has 166 valence electrons. The van der Waals surface area contributed by atoms with Crippen molar-refractivity contribution in [3.8, 4) is 6.07 Å². The zero-order chi connectivity index (χ0) is 22.1. The summed E-state index contributed by atoms with van der Waals surface area (Å²) in [7, 11) is 0. The van der Waals surface area contributed by atoms with Crippen LogP contribution >= 0.6 is 11.3 Å². The maximum absolute atomic E-state index is 12.3. The van der Waals surface area contributed by atoms with E-state index in [9.17, 15) is 4.79 Å². The van der Waals surface area contributed by atoms with Crippen molar-refractivity contribution >= 4 is 28.2 Å². The lowest BCUT2D eigenvalue weighted by Gasteiger charge is -2.30. The molecular formula is C21H29N7O2S. The van der Waals surface area contributed by atoms with Gasteiger partial charge in [0.05, 0.1) is 12.6 Å². The number of likely N-dealkylation sites (tertiary alicyclic amines) is 1. The van der Waals surface area contributed by atoms with E-state index in [4.69, 9.17) is 15.0 Å². The number of nitrogens with zero attached hydrogens (tertiary/aromatic N) is 5. The first kappa shape index (κ1) is 23.1. The number of carbonyl (C=O) groups is 1. The van der Waals surface area contributed by atoms with Crippen LogP contribution in [-0.2, 0) is 4.74 Å². The monoisotopic (exact) mass is 443 g/mol. The average molecular weight is 444 g/mol. The van der Waals surface area contributed by atoms with E-state index < -0.39 is 0 Å². The first-order valence-corrected chi connectivity index (χ1v) is 11.5. The molecule has 0 aromatic carbocycles. The molecule has 0 saturated carbocycles. The first-order chi connectivity index (χ1) is 15.1. The van der Waals surface area contributed by atoms with Crippen LogP contribution in [-0.4, -0.2) is 65.2 Å². The molecule has 10 heteroatoms. The highest BCUT2D eigenvalue weighted by Gasteiger charge is 2.24. The number of hydrogen-bond donors (Lipinski definition) is 2. The van der Waals surface area contributed by atoms with Gasteiger partial charge in [-0.1, -0.05) is 0 Å². The minimum atomic E-state index is -0.194. The van der Waals surface area contributed by atoms with Gasteiger partial charge in [-0.3, -0.25) is 9.69 Å². The summed E-state index contributed by atoms with van der Waals surface area (Å²) in [5, 5.41) is 17.4. The number of anilines is 2. The second kappa shape index (κ2) is 11.7. The Morgan fingerprint density at radius 2 is 2.29 bits per heavy atom. The van der Waals surface area contributed by atoms with Gasteiger partial charge < -0.3 is 15.4 Å². The quantitative estimate of drug-likeness (QED) is 0.425. The normalized spacial score (nSPS) is 16.6. The van der Waals surface area contributed by atoms with Crippen LogP contribution in [0.1, 0.15) is 54.1 Å². The Kier molecular flexibility index (Phi) is 8.70. The van der Waals surface area contributed by atoms with Gasteiger partial charge >= 0.3 is 0 Å². The molecule has 1 aliphatic rings. The SMILES string of the molecule is CCOCCCNC(=O)c1csc(Nc2cc(C)nc([C@@H]3CCCN(CC#N)C3)n2)n1. The van der Waals surface area contributed by atoms with Gasteiger partial charge in [0.1, 0.15) is 17.3 Å². The molecule has 0 aliphatic carbocycles. The van der Waals surface area contributed by atoms with E-state index >= 15 is 0 Å². The van der Waals surface area contributed by atoms with Gasteiger partial charge in [0.2, 0.25) is 0 Å². The number of aryl methyl sites for hydroxylation is 1. The molecule has 31 heavy (non-hydrogen) atoms.